The molecule has 1 unspecified atom stereocenters. The molecule has 0 spiro atoms. The SMILES string of the molecule is CCC/C=C\C/C=C\CCCCCCCCOCC(CO)OC(=O)CCCCCCCCCCCC/C=C\C/C=C\C/C=C\CCCCCCC. The first-order valence-corrected chi connectivity index (χ1v) is 21.9. The number of unbranched alkanes of at least 4 members (excludes halogenated alkanes) is 22. The molecule has 296 valence electrons. The van der Waals surface area contributed by atoms with Crippen molar-refractivity contribution in [2.45, 2.75) is 213 Å². The first kappa shape index (κ1) is 49.1. The Morgan fingerprint density at radius 1 is 0.471 bits per heavy atom. The number of rotatable bonds is 40. The molecule has 0 aromatic heterocycles. The predicted molar refractivity (Wildman–Crippen MR) is 223 cm³/mol. The summed E-state index contributed by atoms with van der Waals surface area (Å²) < 4.78 is 11.1. The van der Waals surface area contributed by atoms with Crippen molar-refractivity contribution in [3.63, 3.8) is 0 Å². The molecule has 0 aromatic rings. The molecule has 0 heterocycles. The summed E-state index contributed by atoms with van der Waals surface area (Å²) in [7, 11) is 0. The van der Waals surface area contributed by atoms with E-state index in [4.69, 9.17) is 9.47 Å². The largest absolute Gasteiger partial charge is 0.457 e. The second-order valence-electron chi connectivity index (χ2n) is 14.4. The van der Waals surface area contributed by atoms with Crippen molar-refractivity contribution in [1.82, 2.24) is 0 Å². The minimum Gasteiger partial charge on any atom is -0.457 e. The molecule has 4 heteroatoms. The summed E-state index contributed by atoms with van der Waals surface area (Å²) in [4.78, 5) is 12.2. The van der Waals surface area contributed by atoms with E-state index in [0.717, 1.165) is 44.9 Å². The molecule has 0 saturated heterocycles. The number of carbonyl (C=O) groups excluding carboxylic acids is 1. The first-order valence-electron chi connectivity index (χ1n) is 21.9. The fourth-order valence-corrected chi connectivity index (χ4v) is 6.02. The number of esters is 1. The number of allylic oxidation sites excluding steroid dienone is 10. The van der Waals surface area contributed by atoms with Crippen LogP contribution in [-0.4, -0.2) is 37.0 Å². The molecule has 0 amide bonds. The first-order chi connectivity index (χ1) is 25.2. The van der Waals surface area contributed by atoms with E-state index in [9.17, 15) is 9.90 Å². The minimum atomic E-state index is -0.544. The second kappa shape index (κ2) is 44.3. The van der Waals surface area contributed by atoms with Crippen LogP contribution in [0.3, 0.4) is 0 Å². The minimum absolute atomic E-state index is 0.179. The van der Waals surface area contributed by atoms with E-state index >= 15 is 0 Å². The Bertz CT molecular complexity index is 839. The molecule has 0 radical (unpaired) electrons. The summed E-state index contributed by atoms with van der Waals surface area (Å²) in [5.41, 5.74) is 0. The van der Waals surface area contributed by atoms with Crippen molar-refractivity contribution in [1.29, 1.82) is 0 Å². The summed E-state index contributed by atoms with van der Waals surface area (Å²) in [6, 6.07) is 0. The molecular formula is C47H84O4. The Balaban J connectivity index is 3.46. The van der Waals surface area contributed by atoms with Crippen LogP contribution in [-0.2, 0) is 14.3 Å². The maximum absolute atomic E-state index is 12.2. The van der Waals surface area contributed by atoms with E-state index in [1.54, 1.807) is 0 Å². The zero-order chi connectivity index (χ0) is 37.0. The van der Waals surface area contributed by atoms with Gasteiger partial charge >= 0.3 is 5.97 Å². The van der Waals surface area contributed by atoms with Crippen LogP contribution in [0.5, 0.6) is 0 Å². The van der Waals surface area contributed by atoms with E-state index in [0.29, 0.717) is 13.0 Å². The van der Waals surface area contributed by atoms with Gasteiger partial charge in [0.15, 0.2) is 0 Å². The molecule has 4 nitrogen and oxygen atoms in total. The van der Waals surface area contributed by atoms with Gasteiger partial charge in [0.2, 0.25) is 0 Å². The van der Waals surface area contributed by atoms with Gasteiger partial charge in [0.1, 0.15) is 6.10 Å². The highest BCUT2D eigenvalue weighted by Crippen LogP contribution is 2.13. The van der Waals surface area contributed by atoms with Crippen LogP contribution in [0, 0.1) is 0 Å². The van der Waals surface area contributed by atoms with Crippen LogP contribution >= 0.6 is 0 Å². The number of hydrogen-bond acceptors (Lipinski definition) is 4. The smallest absolute Gasteiger partial charge is 0.306 e. The number of ether oxygens (including phenoxy) is 2. The maximum atomic E-state index is 12.2. The van der Waals surface area contributed by atoms with E-state index < -0.39 is 6.10 Å². The lowest BCUT2D eigenvalue weighted by atomic mass is 10.0. The van der Waals surface area contributed by atoms with Gasteiger partial charge in [-0.05, 0) is 77.0 Å². The van der Waals surface area contributed by atoms with E-state index in [2.05, 4.69) is 74.6 Å². The Morgan fingerprint density at radius 3 is 1.31 bits per heavy atom. The second-order valence-corrected chi connectivity index (χ2v) is 14.4. The highest BCUT2D eigenvalue weighted by atomic mass is 16.6. The quantitative estimate of drug-likeness (QED) is 0.0390. The number of hydrogen-bond donors (Lipinski definition) is 1. The molecule has 1 N–H and O–H groups in total. The molecule has 0 aliphatic rings. The van der Waals surface area contributed by atoms with Crippen molar-refractivity contribution < 1.29 is 19.4 Å². The molecule has 0 saturated carbocycles. The molecule has 0 aromatic carbocycles. The molecule has 0 fully saturated rings. The van der Waals surface area contributed by atoms with Crippen LogP contribution in [0.25, 0.3) is 0 Å². The number of carbonyl (C=O) groups is 1. The summed E-state index contributed by atoms with van der Waals surface area (Å²) in [6.45, 7) is 5.25. The van der Waals surface area contributed by atoms with Crippen LogP contribution in [0.4, 0.5) is 0 Å². The van der Waals surface area contributed by atoms with Gasteiger partial charge in [-0.3, -0.25) is 4.79 Å². The van der Waals surface area contributed by atoms with Gasteiger partial charge in [0.05, 0.1) is 13.2 Å². The normalized spacial score (nSPS) is 12.9. The summed E-state index contributed by atoms with van der Waals surface area (Å²) in [5, 5.41) is 9.59. The molecule has 0 aliphatic carbocycles. The lowest BCUT2D eigenvalue weighted by molar-refractivity contribution is -0.154. The third-order valence-corrected chi connectivity index (χ3v) is 9.30. The van der Waals surface area contributed by atoms with Crippen LogP contribution in [0.1, 0.15) is 206 Å². The van der Waals surface area contributed by atoms with Crippen LogP contribution in [0.15, 0.2) is 60.8 Å². The van der Waals surface area contributed by atoms with Gasteiger partial charge in [-0.15, -0.1) is 0 Å². The lowest BCUT2D eigenvalue weighted by Crippen LogP contribution is -2.27. The molecule has 0 aliphatic heterocycles. The van der Waals surface area contributed by atoms with Gasteiger partial charge in [-0.1, -0.05) is 184 Å². The van der Waals surface area contributed by atoms with Gasteiger partial charge in [0.25, 0.3) is 0 Å². The number of aliphatic hydroxyl groups is 1. The van der Waals surface area contributed by atoms with Gasteiger partial charge in [0, 0.05) is 13.0 Å². The van der Waals surface area contributed by atoms with Gasteiger partial charge < -0.3 is 14.6 Å². The van der Waals surface area contributed by atoms with Crippen molar-refractivity contribution >= 4 is 5.97 Å². The average Bonchev–Trinajstić information content (AvgIpc) is 3.14. The van der Waals surface area contributed by atoms with Crippen molar-refractivity contribution in [2.24, 2.45) is 0 Å². The Hall–Kier alpha value is -1.91. The van der Waals surface area contributed by atoms with E-state index in [1.165, 1.54) is 141 Å². The van der Waals surface area contributed by atoms with E-state index in [1.807, 2.05) is 0 Å². The van der Waals surface area contributed by atoms with Gasteiger partial charge in [-0.25, -0.2) is 0 Å². The van der Waals surface area contributed by atoms with Crippen molar-refractivity contribution in [3.05, 3.63) is 60.8 Å². The molecule has 0 bridgehead atoms. The highest BCUT2D eigenvalue weighted by molar-refractivity contribution is 5.69. The number of aliphatic hydroxyl groups excluding tert-OH is 1. The van der Waals surface area contributed by atoms with Crippen molar-refractivity contribution in [2.75, 3.05) is 19.8 Å². The Morgan fingerprint density at radius 2 is 0.863 bits per heavy atom. The third kappa shape index (κ3) is 42.4. The molecule has 0 rings (SSSR count). The van der Waals surface area contributed by atoms with Gasteiger partial charge in [-0.2, -0.15) is 0 Å². The zero-order valence-electron chi connectivity index (χ0n) is 33.9. The topological polar surface area (TPSA) is 55.8 Å². The summed E-state index contributed by atoms with van der Waals surface area (Å²) >= 11 is 0. The molecule has 1 atom stereocenters. The van der Waals surface area contributed by atoms with Crippen molar-refractivity contribution in [3.8, 4) is 0 Å². The molecular weight excluding hydrogens is 629 g/mol. The predicted octanol–water partition coefficient (Wildman–Crippen LogP) is 14.4. The standard InChI is InChI=1S/C47H84O4/c1-3-5-7-9-11-13-15-17-19-20-21-22-23-24-25-26-27-28-29-30-32-34-36-38-40-42-47(49)51-46(44-48)45-50-43-41-39-37-35-33-31-18-16-14-12-10-8-6-4-2/h8,10,14-17,20-21,23-24,46,48H,3-7,9,11-13,18-19,22,25-45H2,1-2H3/b10-8-,16-14-,17-15-,21-20-,24-23-. The van der Waals surface area contributed by atoms with Crippen LogP contribution < -0.4 is 0 Å². The maximum Gasteiger partial charge on any atom is 0.306 e. The fraction of sp³-hybridized carbons (Fsp3) is 0.766. The Kier molecular flexibility index (Phi) is 42.6. The third-order valence-electron chi connectivity index (χ3n) is 9.30. The molecule has 51 heavy (non-hydrogen) atoms. The monoisotopic (exact) mass is 713 g/mol. The summed E-state index contributed by atoms with van der Waals surface area (Å²) in [5.74, 6) is -0.210. The zero-order valence-corrected chi connectivity index (χ0v) is 33.9. The average molecular weight is 713 g/mol. The highest BCUT2D eigenvalue weighted by Gasteiger charge is 2.13. The van der Waals surface area contributed by atoms with E-state index in [-0.39, 0.29) is 19.2 Å². The lowest BCUT2D eigenvalue weighted by Gasteiger charge is -2.15. The summed E-state index contributed by atoms with van der Waals surface area (Å²) in [6.07, 6.45) is 58.5. The van der Waals surface area contributed by atoms with Crippen LogP contribution in [0.2, 0.25) is 0 Å². The Labute approximate surface area is 317 Å². The fourth-order valence-electron chi connectivity index (χ4n) is 6.02.